The summed E-state index contributed by atoms with van der Waals surface area (Å²) < 4.78 is 5.08. The zero-order valence-electron chi connectivity index (χ0n) is 10.0. The zero-order chi connectivity index (χ0) is 12.2. The molecule has 16 heavy (non-hydrogen) atoms. The van der Waals surface area contributed by atoms with Gasteiger partial charge < -0.3 is 14.8 Å². The van der Waals surface area contributed by atoms with Crippen molar-refractivity contribution in [3.8, 4) is 0 Å². The molecule has 0 saturated heterocycles. The lowest BCUT2D eigenvalue weighted by molar-refractivity contribution is 0.0885. The second-order valence-electron chi connectivity index (χ2n) is 4.29. The van der Waals surface area contributed by atoms with Crippen molar-refractivity contribution >= 4 is 5.91 Å². The maximum absolute atomic E-state index is 11.9. The van der Waals surface area contributed by atoms with Gasteiger partial charge in [-0.15, -0.1) is 0 Å². The van der Waals surface area contributed by atoms with Gasteiger partial charge in [-0.25, -0.2) is 0 Å². The van der Waals surface area contributed by atoms with Gasteiger partial charge in [0.1, 0.15) is 12.0 Å². The minimum atomic E-state index is -0.364. The van der Waals surface area contributed by atoms with E-state index in [4.69, 9.17) is 9.52 Å². The maximum Gasteiger partial charge on any atom is 0.254 e. The Morgan fingerprint density at radius 2 is 2.31 bits per heavy atom. The van der Waals surface area contributed by atoms with E-state index in [1.807, 2.05) is 13.8 Å². The van der Waals surface area contributed by atoms with Crippen molar-refractivity contribution in [1.29, 1.82) is 0 Å². The molecule has 1 rings (SSSR count). The summed E-state index contributed by atoms with van der Waals surface area (Å²) in [5, 5.41) is 11.9. The summed E-state index contributed by atoms with van der Waals surface area (Å²) in [6.07, 6.45) is 2.77. The van der Waals surface area contributed by atoms with Crippen LogP contribution in [0.1, 0.15) is 42.8 Å². The predicted octanol–water partition coefficient (Wildman–Crippen LogP) is 1.87. The monoisotopic (exact) mass is 225 g/mol. The van der Waals surface area contributed by atoms with Crippen LogP contribution in [-0.4, -0.2) is 23.2 Å². The van der Waals surface area contributed by atoms with Gasteiger partial charge in [-0.1, -0.05) is 6.92 Å². The molecular formula is C12H19NO3. The molecule has 0 aliphatic carbocycles. The Labute approximate surface area is 95.7 Å². The van der Waals surface area contributed by atoms with Crippen molar-refractivity contribution in [2.75, 3.05) is 6.61 Å². The van der Waals surface area contributed by atoms with Crippen molar-refractivity contribution in [2.24, 2.45) is 0 Å². The molecule has 0 radical (unpaired) electrons. The van der Waals surface area contributed by atoms with Gasteiger partial charge in [-0.05, 0) is 32.8 Å². The molecule has 2 N–H and O–H groups in total. The lowest BCUT2D eigenvalue weighted by Crippen LogP contribution is -2.46. The summed E-state index contributed by atoms with van der Waals surface area (Å²) in [7, 11) is 0. The van der Waals surface area contributed by atoms with Gasteiger partial charge in [0.25, 0.3) is 5.91 Å². The summed E-state index contributed by atoms with van der Waals surface area (Å²) in [6.45, 7) is 5.77. The smallest absolute Gasteiger partial charge is 0.254 e. The third-order valence-electron chi connectivity index (χ3n) is 2.85. The largest absolute Gasteiger partial charge is 0.469 e. The zero-order valence-corrected chi connectivity index (χ0v) is 10.0. The van der Waals surface area contributed by atoms with Crippen LogP contribution in [0.3, 0.4) is 0 Å². The Morgan fingerprint density at radius 1 is 1.62 bits per heavy atom. The van der Waals surface area contributed by atoms with Gasteiger partial charge in [-0.3, -0.25) is 4.79 Å². The van der Waals surface area contributed by atoms with Crippen molar-refractivity contribution in [3.05, 3.63) is 23.7 Å². The molecule has 1 aromatic rings. The minimum Gasteiger partial charge on any atom is -0.469 e. The van der Waals surface area contributed by atoms with Crippen LogP contribution in [0.15, 0.2) is 16.7 Å². The van der Waals surface area contributed by atoms with Crippen LogP contribution in [-0.2, 0) is 0 Å². The molecule has 4 nitrogen and oxygen atoms in total. The highest BCUT2D eigenvalue weighted by molar-refractivity contribution is 5.94. The minimum absolute atomic E-state index is 0.0645. The van der Waals surface area contributed by atoms with Crippen LogP contribution in [0, 0.1) is 6.92 Å². The van der Waals surface area contributed by atoms with Gasteiger partial charge in [-0.2, -0.15) is 0 Å². The first kappa shape index (κ1) is 12.8. The number of hydrogen-bond donors (Lipinski definition) is 2. The van der Waals surface area contributed by atoms with Gasteiger partial charge in [0.05, 0.1) is 5.56 Å². The molecule has 1 amide bonds. The molecule has 4 heteroatoms. The fourth-order valence-electron chi connectivity index (χ4n) is 1.48. The van der Waals surface area contributed by atoms with Crippen molar-refractivity contribution in [2.45, 2.75) is 39.2 Å². The average molecular weight is 225 g/mol. The number of carbonyl (C=O) groups is 1. The first-order valence-electron chi connectivity index (χ1n) is 5.49. The molecule has 0 aliphatic rings. The standard InChI is InChI=1S/C12H19NO3/c1-4-12(3,5-6-14)13-11(15)10-7-9(2)16-8-10/h7-8,14H,4-6H2,1-3H3,(H,13,15). The van der Waals surface area contributed by atoms with E-state index in [1.165, 1.54) is 6.26 Å². The third-order valence-corrected chi connectivity index (χ3v) is 2.85. The second kappa shape index (κ2) is 5.16. The van der Waals surface area contributed by atoms with E-state index in [-0.39, 0.29) is 18.1 Å². The average Bonchev–Trinajstić information content (AvgIpc) is 2.65. The van der Waals surface area contributed by atoms with Crippen LogP contribution >= 0.6 is 0 Å². The molecule has 0 bridgehead atoms. The Morgan fingerprint density at radius 3 is 2.75 bits per heavy atom. The second-order valence-corrected chi connectivity index (χ2v) is 4.29. The van der Waals surface area contributed by atoms with Gasteiger partial charge >= 0.3 is 0 Å². The Balaban J connectivity index is 2.69. The molecule has 1 atom stereocenters. The molecule has 1 heterocycles. The van der Waals surface area contributed by atoms with Crippen molar-refractivity contribution in [1.82, 2.24) is 5.32 Å². The molecule has 0 aromatic carbocycles. The van der Waals surface area contributed by atoms with Gasteiger partial charge in [0, 0.05) is 12.1 Å². The fourth-order valence-corrected chi connectivity index (χ4v) is 1.48. The van der Waals surface area contributed by atoms with Crippen LogP contribution < -0.4 is 5.32 Å². The molecule has 0 aliphatic heterocycles. The van der Waals surface area contributed by atoms with Crippen LogP contribution in [0.2, 0.25) is 0 Å². The van der Waals surface area contributed by atoms with Gasteiger partial charge in [0.2, 0.25) is 0 Å². The number of carbonyl (C=O) groups excluding carboxylic acids is 1. The maximum atomic E-state index is 11.9. The number of aliphatic hydroxyl groups excluding tert-OH is 1. The number of amides is 1. The summed E-state index contributed by atoms with van der Waals surface area (Å²) >= 11 is 0. The Bertz CT molecular complexity index is 359. The van der Waals surface area contributed by atoms with E-state index < -0.39 is 0 Å². The van der Waals surface area contributed by atoms with Crippen molar-refractivity contribution in [3.63, 3.8) is 0 Å². The summed E-state index contributed by atoms with van der Waals surface area (Å²) in [4.78, 5) is 11.9. The lowest BCUT2D eigenvalue weighted by Gasteiger charge is -2.28. The number of nitrogens with one attached hydrogen (secondary N) is 1. The molecule has 0 fully saturated rings. The normalized spacial score (nSPS) is 14.5. The van der Waals surface area contributed by atoms with E-state index in [9.17, 15) is 4.79 Å². The highest BCUT2D eigenvalue weighted by Gasteiger charge is 2.24. The quantitative estimate of drug-likeness (QED) is 0.804. The van der Waals surface area contributed by atoms with E-state index in [1.54, 1.807) is 13.0 Å². The van der Waals surface area contributed by atoms with E-state index in [2.05, 4.69) is 5.32 Å². The third kappa shape index (κ3) is 3.10. The molecule has 90 valence electrons. The SMILES string of the molecule is CCC(C)(CCO)NC(=O)c1coc(C)c1. The number of hydrogen-bond acceptors (Lipinski definition) is 3. The summed E-state index contributed by atoms with van der Waals surface area (Å²) in [5.74, 6) is 0.556. The van der Waals surface area contributed by atoms with Crippen molar-refractivity contribution < 1.29 is 14.3 Å². The summed E-state index contributed by atoms with van der Waals surface area (Å²) in [5.41, 5.74) is 0.159. The van der Waals surface area contributed by atoms with E-state index >= 15 is 0 Å². The lowest BCUT2D eigenvalue weighted by atomic mass is 9.94. The topological polar surface area (TPSA) is 62.5 Å². The fraction of sp³-hybridized carbons (Fsp3) is 0.583. The number of rotatable bonds is 5. The highest BCUT2D eigenvalue weighted by Crippen LogP contribution is 2.15. The predicted molar refractivity (Wildman–Crippen MR) is 61.3 cm³/mol. The molecule has 0 saturated carbocycles. The van der Waals surface area contributed by atoms with Gasteiger partial charge in [0.15, 0.2) is 0 Å². The molecule has 1 unspecified atom stereocenters. The molecule has 0 spiro atoms. The number of furan rings is 1. The number of aryl methyl sites for hydroxylation is 1. The molecule has 1 aromatic heterocycles. The van der Waals surface area contributed by atoms with Crippen LogP contribution in [0.4, 0.5) is 0 Å². The van der Waals surface area contributed by atoms with Crippen LogP contribution in [0.25, 0.3) is 0 Å². The van der Waals surface area contributed by atoms with Crippen LogP contribution in [0.5, 0.6) is 0 Å². The highest BCUT2D eigenvalue weighted by atomic mass is 16.3. The Hall–Kier alpha value is -1.29. The first-order valence-corrected chi connectivity index (χ1v) is 5.49. The van der Waals surface area contributed by atoms with E-state index in [0.29, 0.717) is 17.7 Å². The summed E-state index contributed by atoms with van der Waals surface area (Å²) in [6, 6.07) is 1.70. The number of aliphatic hydroxyl groups is 1. The first-order chi connectivity index (χ1) is 7.50. The van der Waals surface area contributed by atoms with E-state index in [0.717, 1.165) is 6.42 Å². The molecular weight excluding hydrogens is 206 g/mol. The Kier molecular flexibility index (Phi) is 4.12.